The highest BCUT2D eigenvalue weighted by atomic mass is 35.5. The van der Waals surface area contributed by atoms with E-state index in [9.17, 15) is 13.2 Å². The summed E-state index contributed by atoms with van der Waals surface area (Å²) in [5, 5.41) is 10.7. The van der Waals surface area contributed by atoms with Crippen molar-refractivity contribution < 1.29 is 18.3 Å². The zero-order chi connectivity index (χ0) is 20.5. The number of rotatable bonds is 6. The SMILES string of the molecule is CC(C)S(=O)(=O)Nc1ccsc1-c1ccc(-c2ccc(C(=O)O)cc2Cl)cc1. The minimum absolute atomic E-state index is 0.131. The monoisotopic (exact) mass is 435 g/mol. The molecule has 0 unspecified atom stereocenters. The number of aromatic carboxylic acids is 1. The molecule has 0 atom stereocenters. The first-order valence-corrected chi connectivity index (χ1v) is 11.2. The highest BCUT2D eigenvalue weighted by Gasteiger charge is 2.18. The van der Waals surface area contributed by atoms with Crippen LogP contribution >= 0.6 is 22.9 Å². The molecule has 146 valence electrons. The molecule has 2 aromatic carbocycles. The van der Waals surface area contributed by atoms with E-state index in [1.807, 2.05) is 29.6 Å². The molecule has 5 nitrogen and oxygen atoms in total. The topological polar surface area (TPSA) is 83.5 Å². The number of hydrogen-bond acceptors (Lipinski definition) is 4. The fourth-order valence-corrected chi connectivity index (χ4v) is 4.49. The zero-order valence-electron chi connectivity index (χ0n) is 15.1. The third-order valence-electron chi connectivity index (χ3n) is 4.21. The molecular weight excluding hydrogens is 418 g/mol. The fraction of sp³-hybridized carbons (Fsp3) is 0.150. The molecule has 0 aliphatic carbocycles. The molecule has 2 N–H and O–H groups in total. The molecule has 0 aliphatic rings. The van der Waals surface area contributed by atoms with E-state index in [0.29, 0.717) is 10.7 Å². The lowest BCUT2D eigenvalue weighted by Crippen LogP contribution is -2.22. The molecule has 0 amide bonds. The summed E-state index contributed by atoms with van der Waals surface area (Å²) in [7, 11) is -3.43. The average molecular weight is 436 g/mol. The Kier molecular flexibility index (Phi) is 5.79. The van der Waals surface area contributed by atoms with E-state index in [0.717, 1.165) is 21.6 Å². The van der Waals surface area contributed by atoms with Crippen molar-refractivity contribution in [1.82, 2.24) is 0 Å². The van der Waals surface area contributed by atoms with E-state index >= 15 is 0 Å². The number of benzene rings is 2. The fourth-order valence-electron chi connectivity index (χ4n) is 2.57. The van der Waals surface area contributed by atoms with Crippen LogP contribution in [0.2, 0.25) is 5.02 Å². The van der Waals surface area contributed by atoms with E-state index in [-0.39, 0.29) is 5.56 Å². The number of nitrogens with one attached hydrogen (secondary N) is 1. The van der Waals surface area contributed by atoms with Crippen LogP contribution in [-0.2, 0) is 10.0 Å². The maximum Gasteiger partial charge on any atom is 0.335 e. The summed E-state index contributed by atoms with van der Waals surface area (Å²) in [4.78, 5) is 11.9. The van der Waals surface area contributed by atoms with Crippen LogP contribution in [0.25, 0.3) is 21.6 Å². The van der Waals surface area contributed by atoms with Crippen molar-refractivity contribution in [3.8, 4) is 21.6 Å². The second-order valence-corrected chi connectivity index (χ2v) is 10.00. The molecule has 3 rings (SSSR count). The van der Waals surface area contributed by atoms with Gasteiger partial charge in [-0.3, -0.25) is 4.72 Å². The molecule has 1 heterocycles. The van der Waals surface area contributed by atoms with Crippen molar-refractivity contribution in [2.45, 2.75) is 19.1 Å². The summed E-state index contributed by atoms with van der Waals surface area (Å²) >= 11 is 7.68. The third-order valence-corrected chi connectivity index (χ3v) is 7.23. The first-order valence-electron chi connectivity index (χ1n) is 8.42. The summed E-state index contributed by atoms with van der Waals surface area (Å²) in [6.07, 6.45) is 0. The second-order valence-electron chi connectivity index (χ2n) is 6.44. The molecule has 8 heteroatoms. The molecule has 0 saturated carbocycles. The van der Waals surface area contributed by atoms with E-state index in [1.54, 1.807) is 26.0 Å². The maximum absolute atomic E-state index is 12.2. The van der Waals surface area contributed by atoms with Gasteiger partial charge in [-0.05, 0) is 48.6 Å². The number of carboxylic acid groups (broad SMARTS) is 1. The van der Waals surface area contributed by atoms with Crippen LogP contribution in [0, 0.1) is 0 Å². The smallest absolute Gasteiger partial charge is 0.335 e. The molecule has 28 heavy (non-hydrogen) atoms. The number of hydrogen-bond donors (Lipinski definition) is 2. The first-order chi connectivity index (χ1) is 13.2. The number of sulfonamides is 1. The summed E-state index contributed by atoms with van der Waals surface area (Å²) < 4.78 is 27.0. The van der Waals surface area contributed by atoms with Gasteiger partial charge in [0.05, 0.1) is 21.4 Å². The number of carbonyl (C=O) groups is 1. The van der Waals surface area contributed by atoms with Crippen LogP contribution in [0.15, 0.2) is 53.9 Å². The van der Waals surface area contributed by atoms with E-state index in [4.69, 9.17) is 16.7 Å². The molecule has 1 aromatic heterocycles. The highest BCUT2D eigenvalue weighted by Crippen LogP contribution is 2.36. The van der Waals surface area contributed by atoms with Crippen LogP contribution in [0.4, 0.5) is 5.69 Å². The molecule has 0 bridgehead atoms. The number of thiophene rings is 1. The lowest BCUT2D eigenvalue weighted by Gasteiger charge is -2.12. The van der Waals surface area contributed by atoms with Crippen molar-refractivity contribution in [2.75, 3.05) is 4.72 Å². The van der Waals surface area contributed by atoms with Crippen molar-refractivity contribution >= 4 is 44.6 Å². The number of anilines is 1. The van der Waals surface area contributed by atoms with Crippen LogP contribution in [-0.4, -0.2) is 24.7 Å². The Hall–Kier alpha value is -2.35. The van der Waals surface area contributed by atoms with Crippen LogP contribution in [0.1, 0.15) is 24.2 Å². The van der Waals surface area contributed by atoms with Crippen LogP contribution < -0.4 is 4.72 Å². The molecule has 0 saturated heterocycles. The zero-order valence-corrected chi connectivity index (χ0v) is 17.5. The maximum atomic E-state index is 12.2. The van der Waals surface area contributed by atoms with Gasteiger partial charge in [0.25, 0.3) is 0 Å². The predicted octanol–water partition coefficient (Wildman–Crippen LogP) is 5.58. The molecule has 0 spiro atoms. The van der Waals surface area contributed by atoms with Crippen molar-refractivity contribution in [2.24, 2.45) is 0 Å². The van der Waals surface area contributed by atoms with Gasteiger partial charge in [-0.2, -0.15) is 0 Å². The Bertz CT molecular complexity index is 1120. The molecule has 0 radical (unpaired) electrons. The van der Waals surface area contributed by atoms with Gasteiger partial charge >= 0.3 is 5.97 Å². The van der Waals surface area contributed by atoms with Crippen LogP contribution in [0.3, 0.4) is 0 Å². The van der Waals surface area contributed by atoms with Gasteiger partial charge in [0.2, 0.25) is 10.0 Å². The quantitative estimate of drug-likeness (QED) is 0.529. The Balaban J connectivity index is 1.91. The summed E-state index contributed by atoms with van der Waals surface area (Å²) in [5.41, 5.74) is 3.12. The summed E-state index contributed by atoms with van der Waals surface area (Å²) in [5.74, 6) is -1.03. The van der Waals surface area contributed by atoms with Gasteiger partial charge in [0.15, 0.2) is 0 Å². The molecule has 3 aromatic rings. The normalized spacial score (nSPS) is 11.6. The first kappa shape index (κ1) is 20.4. The van der Waals surface area contributed by atoms with Gasteiger partial charge in [-0.25, -0.2) is 13.2 Å². The summed E-state index contributed by atoms with van der Waals surface area (Å²) in [6, 6.07) is 13.9. The lowest BCUT2D eigenvalue weighted by molar-refractivity contribution is 0.0697. The Morgan fingerprint density at radius 1 is 1.07 bits per heavy atom. The molecular formula is C20H18ClNO4S2. The Morgan fingerprint density at radius 2 is 1.71 bits per heavy atom. The average Bonchev–Trinajstić information content (AvgIpc) is 3.09. The lowest BCUT2D eigenvalue weighted by atomic mass is 10.0. The van der Waals surface area contributed by atoms with E-state index < -0.39 is 21.2 Å². The van der Waals surface area contributed by atoms with Crippen LogP contribution in [0.5, 0.6) is 0 Å². The largest absolute Gasteiger partial charge is 0.478 e. The summed E-state index contributed by atoms with van der Waals surface area (Å²) in [6.45, 7) is 3.26. The van der Waals surface area contributed by atoms with E-state index in [2.05, 4.69) is 4.72 Å². The second kappa shape index (κ2) is 7.95. The van der Waals surface area contributed by atoms with Crippen molar-refractivity contribution in [3.63, 3.8) is 0 Å². The Labute approximate surface area is 172 Å². The number of carboxylic acids is 1. The highest BCUT2D eigenvalue weighted by molar-refractivity contribution is 7.93. The van der Waals surface area contributed by atoms with Crippen molar-refractivity contribution in [3.05, 3.63) is 64.5 Å². The van der Waals surface area contributed by atoms with Gasteiger partial charge in [0, 0.05) is 10.6 Å². The van der Waals surface area contributed by atoms with Gasteiger partial charge in [-0.15, -0.1) is 11.3 Å². The van der Waals surface area contributed by atoms with Crippen molar-refractivity contribution in [1.29, 1.82) is 0 Å². The molecule has 0 aliphatic heterocycles. The number of halogens is 1. The third kappa shape index (κ3) is 4.22. The minimum atomic E-state index is -3.43. The van der Waals surface area contributed by atoms with Gasteiger partial charge in [-0.1, -0.05) is 41.9 Å². The van der Waals surface area contributed by atoms with E-state index in [1.165, 1.54) is 23.5 Å². The minimum Gasteiger partial charge on any atom is -0.478 e. The molecule has 0 fully saturated rings. The standard InChI is InChI=1S/C20H18ClNO4S2/c1-12(2)28(25,26)22-18-9-10-27-19(18)14-5-3-13(4-6-14)16-8-7-15(20(23)24)11-17(16)21/h3-12,22H,1-2H3,(H,23,24). The van der Waals surface area contributed by atoms with Gasteiger partial charge in [0.1, 0.15) is 0 Å². The predicted molar refractivity (Wildman–Crippen MR) is 115 cm³/mol. The Morgan fingerprint density at radius 3 is 2.29 bits per heavy atom. The van der Waals surface area contributed by atoms with Gasteiger partial charge < -0.3 is 5.11 Å².